The third kappa shape index (κ3) is 3.32. The van der Waals surface area contributed by atoms with E-state index in [4.69, 9.17) is 0 Å². The van der Waals surface area contributed by atoms with Crippen LogP contribution in [0.25, 0.3) is 0 Å². The van der Waals surface area contributed by atoms with Gasteiger partial charge in [0.1, 0.15) is 0 Å². The summed E-state index contributed by atoms with van der Waals surface area (Å²) in [5.41, 5.74) is 2.78. The van der Waals surface area contributed by atoms with Crippen LogP contribution >= 0.6 is 0 Å². The quantitative estimate of drug-likeness (QED) is 0.758. The first-order chi connectivity index (χ1) is 8.33. The van der Waals surface area contributed by atoms with E-state index in [1.165, 1.54) is 49.7 Å². The molecule has 2 rings (SSSR count). The fourth-order valence-corrected chi connectivity index (χ4v) is 3.26. The Bertz CT molecular complexity index is 318. The molecule has 0 heterocycles. The maximum Gasteiger partial charge on any atom is 0.0205 e. The second kappa shape index (κ2) is 6.20. The minimum absolute atomic E-state index is 0.769. The van der Waals surface area contributed by atoms with Crippen molar-refractivity contribution in [3.8, 4) is 0 Å². The van der Waals surface area contributed by atoms with E-state index in [2.05, 4.69) is 24.0 Å². The molecule has 0 aromatic heterocycles. The van der Waals surface area contributed by atoms with Crippen molar-refractivity contribution in [1.82, 2.24) is 5.32 Å². The number of likely N-dealkylation sites (N-methyl/N-ethyl adjacent to an activating group) is 1. The number of hydrogen-bond acceptors (Lipinski definition) is 1. The Balaban J connectivity index is 1.96. The van der Waals surface area contributed by atoms with Crippen molar-refractivity contribution in [3.63, 3.8) is 0 Å². The zero-order valence-electron chi connectivity index (χ0n) is 11.0. The van der Waals surface area contributed by atoms with Gasteiger partial charge in [0.15, 0.2) is 0 Å². The summed E-state index contributed by atoms with van der Waals surface area (Å²) in [4.78, 5) is 0. The van der Waals surface area contributed by atoms with Crippen LogP contribution in [0.15, 0.2) is 36.0 Å². The predicted octanol–water partition coefficient (Wildman–Crippen LogP) is 3.84. The predicted molar refractivity (Wildman–Crippen MR) is 75.0 cm³/mol. The van der Waals surface area contributed by atoms with E-state index in [1.54, 1.807) is 0 Å². The van der Waals surface area contributed by atoms with Gasteiger partial charge in [0.05, 0.1) is 0 Å². The van der Waals surface area contributed by atoms with Gasteiger partial charge in [-0.1, -0.05) is 50.5 Å². The van der Waals surface area contributed by atoms with Crippen LogP contribution in [-0.2, 0) is 0 Å². The first kappa shape index (κ1) is 12.6. The van der Waals surface area contributed by atoms with Crippen molar-refractivity contribution in [1.29, 1.82) is 0 Å². The number of nitrogens with one attached hydrogen (secondary N) is 1. The van der Waals surface area contributed by atoms with Crippen LogP contribution in [0.1, 0.15) is 38.5 Å². The Morgan fingerprint density at radius 2 is 2.18 bits per heavy atom. The summed E-state index contributed by atoms with van der Waals surface area (Å²) in [6.45, 7) is 4.88. The third-order valence-corrected chi connectivity index (χ3v) is 4.15. The van der Waals surface area contributed by atoms with Crippen LogP contribution in [0.3, 0.4) is 0 Å². The second-order valence-electron chi connectivity index (χ2n) is 5.47. The van der Waals surface area contributed by atoms with E-state index in [0.29, 0.717) is 0 Å². The Morgan fingerprint density at radius 1 is 1.41 bits per heavy atom. The highest BCUT2D eigenvalue weighted by molar-refractivity contribution is 5.42. The molecule has 1 N–H and O–H groups in total. The molecule has 1 saturated carbocycles. The molecule has 0 amide bonds. The van der Waals surface area contributed by atoms with Crippen molar-refractivity contribution >= 4 is 0 Å². The molecule has 1 unspecified atom stereocenters. The molecule has 0 spiro atoms. The van der Waals surface area contributed by atoms with Crippen LogP contribution in [0, 0.1) is 11.8 Å². The molecule has 0 radical (unpaired) electrons. The lowest BCUT2D eigenvalue weighted by atomic mass is 9.84. The Morgan fingerprint density at radius 3 is 2.82 bits per heavy atom. The highest BCUT2D eigenvalue weighted by Gasteiger charge is 2.21. The van der Waals surface area contributed by atoms with E-state index in [1.807, 2.05) is 13.1 Å². The highest BCUT2D eigenvalue weighted by atomic mass is 14.8. The zero-order chi connectivity index (χ0) is 12.1. The normalized spacial score (nSPS) is 25.6. The average molecular weight is 231 g/mol. The van der Waals surface area contributed by atoms with Crippen molar-refractivity contribution < 1.29 is 0 Å². The summed E-state index contributed by atoms with van der Waals surface area (Å²) in [5, 5.41) is 3.26. The fraction of sp³-hybridized carbons (Fsp3) is 0.625. The molecule has 0 aromatic carbocycles. The molecule has 17 heavy (non-hydrogen) atoms. The molecular weight excluding hydrogens is 206 g/mol. The molecule has 0 aliphatic heterocycles. The molecule has 0 aromatic rings. The smallest absolute Gasteiger partial charge is 0.0205 e. The Kier molecular flexibility index (Phi) is 4.61. The van der Waals surface area contributed by atoms with Crippen molar-refractivity contribution in [3.05, 3.63) is 36.0 Å². The summed E-state index contributed by atoms with van der Waals surface area (Å²) in [6.07, 6.45) is 15.3. The molecule has 1 atom stereocenters. The monoisotopic (exact) mass is 231 g/mol. The van der Waals surface area contributed by atoms with E-state index in [-0.39, 0.29) is 0 Å². The molecule has 0 saturated heterocycles. The van der Waals surface area contributed by atoms with Gasteiger partial charge in [-0.2, -0.15) is 0 Å². The topological polar surface area (TPSA) is 12.0 Å². The maximum absolute atomic E-state index is 3.91. The van der Waals surface area contributed by atoms with Gasteiger partial charge in [0, 0.05) is 6.54 Å². The fourth-order valence-electron chi connectivity index (χ4n) is 3.26. The van der Waals surface area contributed by atoms with Crippen molar-refractivity contribution in [2.24, 2.45) is 11.8 Å². The van der Waals surface area contributed by atoms with Crippen LogP contribution < -0.4 is 5.32 Å². The Labute approximate surface area is 106 Å². The first-order valence-electron chi connectivity index (χ1n) is 7.01. The second-order valence-corrected chi connectivity index (χ2v) is 5.47. The summed E-state index contributed by atoms with van der Waals surface area (Å²) >= 11 is 0. The lowest BCUT2D eigenvalue weighted by molar-refractivity contribution is 0.423. The highest BCUT2D eigenvalue weighted by Crippen LogP contribution is 2.34. The van der Waals surface area contributed by atoms with Gasteiger partial charge in [0.25, 0.3) is 0 Å². The van der Waals surface area contributed by atoms with Crippen LogP contribution in [-0.4, -0.2) is 13.6 Å². The minimum atomic E-state index is 0.769. The summed E-state index contributed by atoms with van der Waals surface area (Å²) in [6, 6.07) is 0. The Hall–Kier alpha value is -0.820. The molecule has 1 heteroatoms. The number of rotatable bonds is 5. The van der Waals surface area contributed by atoms with Crippen LogP contribution in [0.5, 0.6) is 0 Å². The van der Waals surface area contributed by atoms with Gasteiger partial charge in [-0.25, -0.2) is 0 Å². The minimum Gasteiger partial charge on any atom is -0.316 e. The number of allylic oxidation sites excluding steroid dienone is 3. The molecular formula is C16H25N. The molecule has 2 aliphatic carbocycles. The van der Waals surface area contributed by atoms with E-state index < -0.39 is 0 Å². The molecule has 2 aliphatic rings. The van der Waals surface area contributed by atoms with Gasteiger partial charge in [-0.05, 0) is 42.9 Å². The lowest BCUT2D eigenvalue weighted by Crippen LogP contribution is -2.16. The van der Waals surface area contributed by atoms with E-state index >= 15 is 0 Å². The molecule has 94 valence electrons. The summed E-state index contributed by atoms with van der Waals surface area (Å²) in [5.74, 6) is 1.76. The maximum atomic E-state index is 3.91. The summed E-state index contributed by atoms with van der Waals surface area (Å²) < 4.78 is 0. The first-order valence-corrected chi connectivity index (χ1v) is 7.01. The van der Waals surface area contributed by atoms with Gasteiger partial charge in [-0.3, -0.25) is 0 Å². The van der Waals surface area contributed by atoms with Crippen LogP contribution in [0.2, 0.25) is 0 Å². The summed E-state index contributed by atoms with van der Waals surface area (Å²) in [7, 11) is 2.02. The van der Waals surface area contributed by atoms with Crippen molar-refractivity contribution in [2.75, 3.05) is 13.6 Å². The largest absolute Gasteiger partial charge is 0.316 e. The zero-order valence-corrected chi connectivity index (χ0v) is 11.0. The molecule has 0 bridgehead atoms. The molecule has 1 nitrogen and oxygen atoms in total. The SMILES string of the molecule is C=CC1=CCC(CC2CCCC2)C=C1CNC. The van der Waals surface area contributed by atoms with Gasteiger partial charge in [0.2, 0.25) is 0 Å². The standard InChI is InChI=1S/C16H25N/c1-3-15-9-8-14(11-16(15)12-17-2)10-13-6-4-5-7-13/h3,9,11,13-14,17H,1,4-8,10,12H2,2H3. The van der Waals surface area contributed by atoms with Gasteiger partial charge < -0.3 is 5.32 Å². The van der Waals surface area contributed by atoms with E-state index in [9.17, 15) is 0 Å². The number of hydrogen-bond donors (Lipinski definition) is 1. The third-order valence-electron chi connectivity index (χ3n) is 4.15. The van der Waals surface area contributed by atoms with Gasteiger partial charge >= 0.3 is 0 Å². The molecule has 1 fully saturated rings. The van der Waals surface area contributed by atoms with Crippen molar-refractivity contribution in [2.45, 2.75) is 38.5 Å². The average Bonchev–Trinajstić information content (AvgIpc) is 2.83. The van der Waals surface area contributed by atoms with Gasteiger partial charge in [-0.15, -0.1) is 0 Å². The van der Waals surface area contributed by atoms with Crippen LogP contribution in [0.4, 0.5) is 0 Å². The van der Waals surface area contributed by atoms with E-state index in [0.717, 1.165) is 18.4 Å². The lowest BCUT2D eigenvalue weighted by Gasteiger charge is -2.23.